The number of carbonyl (C=O) groups is 2. The standard InChI is InChI=1S/C21H25N3O3S/c1-5-27-21(26)20-15(4)10-19(28-20)23-18(25)13-24(14(2)3)12-17-8-6-16(11-22)7-9-17/h6-10,14H,5,12-13H2,1-4H3,(H,23,25). The van der Waals surface area contributed by atoms with Gasteiger partial charge in [-0.25, -0.2) is 4.79 Å². The van der Waals surface area contributed by atoms with Gasteiger partial charge in [0, 0.05) is 12.6 Å². The molecular formula is C21H25N3O3S. The zero-order chi connectivity index (χ0) is 20.7. The second kappa shape index (κ2) is 10.0. The van der Waals surface area contributed by atoms with Gasteiger partial charge in [-0.2, -0.15) is 5.26 Å². The molecule has 0 aliphatic rings. The highest BCUT2D eigenvalue weighted by Gasteiger charge is 2.18. The fraction of sp³-hybridized carbons (Fsp3) is 0.381. The van der Waals surface area contributed by atoms with Crippen LogP contribution in [0.15, 0.2) is 30.3 Å². The van der Waals surface area contributed by atoms with Crippen LogP contribution in [-0.4, -0.2) is 36.0 Å². The van der Waals surface area contributed by atoms with E-state index < -0.39 is 0 Å². The van der Waals surface area contributed by atoms with Crippen LogP contribution < -0.4 is 5.32 Å². The molecule has 0 aliphatic heterocycles. The number of nitriles is 1. The van der Waals surface area contributed by atoms with Crippen LogP contribution in [0, 0.1) is 18.3 Å². The minimum Gasteiger partial charge on any atom is -0.462 e. The van der Waals surface area contributed by atoms with Gasteiger partial charge in [0.15, 0.2) is 0 Å². The van der Waals surface area contributed by atoms with E-state index in [9.17, 15) is 9.59 Å². The Kier molecular flexibility index (Phi) is 7.73. The van der Waals surface area contributed by atoms with E-state index in [1.165, 1.54) is 11.3 Å². The number of benzene rings is 1. The minimum absolute atomic E-state index is 0.140. The summed E-state index contributed by atoms with van der Waals surface area (Å²) in [7, 11) is 0. The van der Waals surface area contributed by atoms with E-state index in [1.807, 2.05) is 37.8 Å². The summed E-state index contributed by atoms with van der Waals surface area (Å²) < 4.78 is 5.04. The Morgan fingerprint density at radius 1 is 1.29 bits per heavy atom. The molecule has 0 unspecified atom stereocenters. The Hall–Kier alpha value is -2.69. The molecule has 0 fully saturated rings. The number of hydrogen-bond acceptors (Lipinski definition) is 6. The number of anilines is 1. The fourth-order valence-electron chi connectivity index (χ4n) is 2.64. The summed E-state index contributed by atoms with van der Waals surface area (Å²) in [6.45, 7) is 8.80. The maximum atomic E-state index is 12.5. The summed E-state index contributed by atoms with van der Waals surface area (Å²) in [6.07, 6.45) is 0. The zero-order valence-corrected chi connectivity index (χ0v) is 17.4. The van der Waals surface area contributed by atoms with Crippen LogP contribution in [0.4, 0.5) is 5.00 Å². The predicted molar refractivity (Wildman–Crippen MR) is 110 cm³/mol. The minimum atomic E-state index is -0.366. The summed E-state index contributed by atoms with van der Waals surface area (Å²) in [5, 5.41) is 12.4. The number of hydrogen-bond donors (Lipinski definition) is 1. The van der Waals surface area contributed by atoms with Crippen molar-refractivity contribution in [3.05, 3.63) is 51.9 Å². The van der Waals surface area contributed by atoms with Crippen molar-refractivity contribution < 1.29 is 14.3 Å². The largest absolute Gasteiger partial charge is 0.462 e. The molecule has 148 valence electrons. The monoisotopic (exact) mass is 399 g/mol. The Morgan fingerprint density at radius 3 is 2.54 bits per heavy atom. The average molecular weight is 400 g/mol. The topological polar surface area (TPSA) is 82.4 Å². The molecule has 1 aromatic carbocycles. The first-order valence-corrected chi connectivity index (χ1v) is 9.96. The number of amides is 1. The summed E-state index contributed by atoms with van der Waals surface area (Å²) in [5.74, 6) is -0.505. The molecule has 2 aromatic rings. The molecule has 1 amide bonds. The summed E-state index contributed by atoms with van der Waals surface area (Å²) in [4.78, 5) is 27.0. The van der Waals surface area contributed by atoms with Gasteiger partial charge in [-0.3, -0.25) is 9.69 Å². The van der Waals surface area contributed by atoms with Crippen molar-refractivity contribution in [2.45, 2.75) is 40.3 Å². The highest BCUT2D eigenvalue weighted by atomic mass is 32.1. The quantitative estimate of drug-likeness (QED) is 0.680. The first kappa shape index (κ1) is 21.6. The number of aryl methyl sites for hydroxylation is 1. The van der Waals surface area contributed by atoms with Gasteiger partial charge < -0.3 is 10.1 Å². The van der Waals surface area contributed by atoms with Crippen molar-refractivity contribution in [3.63, 3.8) is 0 Å². The van der Waals surface area contributed by atoms with Gasteiger partial charge in [-0.05, 0) is 57.0 Å². The van der Waals surface area contributed by atoms with Gasteiger partial charge in [0.1, 0.15) is 4.88 Å². The summed E-state index contributed by atoms with van der Waals surface area (Å²) in [6, 6.07) is 11.4. The predicted octanol–water partition coefficient (Wildman–Crippen LogP) is 3.95. The van der Waals surface area contributed by atoms with Crippen molar-refractivity contribution in [1.82, 2.24) is 4.90 Å². The first-order chi connectivity index (χ1) is 13.3. The lowest BCUT2D eigenvalue weighted by molar-refractivity contribution is -0.117. The molecule has 0 aliphatic carbocycles. The van der Waals surface area contributed by atoms with Crippen LogP contribution in [0.25, 0.3) is 0 Å². The number of ether oxygens (including phenoxy) is 1. The molecule has 0 bridgehead atoms. The summed E-state index contributed by atoms with van der Waals surface area (Å²) in [5.41, 5.74) is 2.44. The smallest absolute Gasteiger partial charge is 0.348 e. The maximum Gasteiger partial charge on any atom is 0.348 e. The van der Waals surface area contributed by atoms with Crippen molar-refractivity contribution >= 4 is 28.2 Å². The van der Waals surface area contributed by atoms with E-state index in [2.05, 4.69) is 11.4 Å². The number of nitrogens with one attached hydrogen (secondary N) is 1. The Labute approximate surface area is 169 Å². The van der Waals surface area contributed by atoms with Crippen LogP contribution in [0.2, 0.25) is 0 Å². The van der Waals surface area contributed by atoms with Gasteiger partial charge in [0.05, 0.1) is 29.8 Å². The van der Waals surface area contributed by atoms with Gasteiger partial charge >= 0.3 is 5.97 Å². The van der Waals surface area contributed by atoms with Crippen LogP contribution in [0.3, 0.4) is 0 Å². The maximum absolute atomic E-state index is 12.5. The lowest BCUT2D eigenvalue weighted by Crippen LogP contribution is -2.37. The fourth-order valence-corrected chi connectivity index (χ4v) is 3.63. The van der Waals surface area contributed by atoms with Crippen molar-refractivity contribution in [3.8, 4) is 6.07 Å². The van der Waals surface area contributed by atoms with Gasteiger partial charge in [-0.1, -0.05) is 12.1 Å². The molecule has 1 aromatic heterocycles. The lowest BCUT2D eigenvalue weighted by atomic mass is 10.1. The van der Waals surface area contributed by atoms with Crippen molar-refractivity contribution in [1.29, 1.82) is 5.26 Å². The van der Waals surface area contributed by atoms with Gasteiger partial charge in [-0.15, -0.1) is 11.3 Å². The van der Waals surface area contributed by atoms with Crippen molar-refractivity contribution in [2.24, 2.45) is 0 Å². The zero-order valence-electron chi connectivity index (χ0n) is 16.6. The molecular weight excluding hydrogens is 374 g/mol. The third-order valence-electron chi connectivity index (χ3n) is 4.19. The molecule has 28 heavy (non-hydrogen) atoms. The van der Waals surface area contributed by atoms with Gasteiger partial charge in [0.2, 0.25) is 5.91 Å². The summed E-state index contributed by atoms with van der Waals surface area (Å²) >= 11 is 1.22. The van der Waals surface area contributed by atoms with E-state index in [1.54, 1.807) is 25.1 Å². The normalized spacial score (nSPS) is 10.8. The second-order valence-corrected chi connectivity index (χ2v) is 7.75. The van der Waals surface area contributed by atoms with Crippen LogP contribution >= 0.6 is 11.3 Å². The highest BCUT2D eigenvalue weighted by Crippen LogP contribution is 2.27. The Bertz CT molecular complexity index is 866. The molecule has 0 atom stereocenters. The van der Waals surface area contributed by atoms with E-state index in [0.29, 0.717) is 28.6 Å². The molecule has 0 saturated carbocycles. The van der Waals surface area contributed by atoms with Crippen molar-refractivity contribution in [2.75, 3.05) is 18.5 Å². The number of nitrogens with zero attached hydrogens (tertiary/aromatic N) is 2. The third-order valence-corrected chi connectivity index (χ3v) is 5.32. The van der Waals surface area contributed by atoms with Crippen LogP contribution in [0.1, 0.15) is 47.1 Å². The number of rotatable bonds is 8. The molecule has 0 saturated heterocycles. The molecule has 7 heteroatoms. The highest BCUT2D eigenvalue weighted by molar-refractivity contribution is 7.18. The van der Waals surface area contributed by atoms with E-state index >= 15 is 0 Å². The molecule has 0 spiro atoms. The Morgan fingerprint density at radius 2 is 1.96 bits per heavy atom. The lowest BCUT2D eigenvalue weighted by Gasteiger charge is -2.25. The van der Waals surface area contributed by atoms with E-state index in [4.69, 9.17) is 10.00 Å². The van der Waals surface area contributed by atoms with Crippen LogP contribution in [0.5, 0.6) is 0 Å². The van der Waals surface area contributed by atoms with Gasteiger partial charge in [0.25, 0.3) is 0 Å². The first-order valence-electron chi connectivity index (χ1n) is 9.14. The number of esters is 1. The van der Waals surface area contributed by atoms with Crippen LogP contribution in [-0.2, 0) is 16.1 Å². The molecule has 1 heterocycles. The SMILES string of the molecule is CCOC(=O)c1sc(NC(=O)CN(Cc2ccc(C#N)cc2)C(C)C)cc1C. The second-order valence-electron chi connectivity index (χ2n) is 6.70. The number of carbonyl (C=O) groups excluding carboxylic acids is 2. The van der Waals surface area contributed by atoms with E-state index in [-0.39, 0.29) is 24.5 Å². The Balaban J connectivity index is 2.01. The molecule has 1 N–H and O–H groups in total. The number of thiophene rings is 1. The molecule has 0 radical (unpaired) electrons. The molecule has 2 rings (SSSR count). The third kappa shape index (κ3) is 5.91. The average Bonchev–Trinajstić information content (AvgIpc) is 3.02. The molecule has 6 nitrogen and oxygen atoms in total. The van der Waals surface area contributed by atoms with E-state index in [0.717, 1.165) is 11.1 Å².